The van der Waals surface area contributed by atoms with Crippen molar-refractivity contribution in [3.63, 3.8) is 0 Å². The first-order valence-corrected chi connectivity index (χ1v) is 5.80. The molecule has 1 unspecified atom stereocenters. The lowest BCUT2D eigenvalue weighted by Crippen LogP contribution is -2.34. The summed E-state index contributed by atoms with van der Waals surface area (Å²) in [6.07, 6.45) is 0. The van der Waals surface area contributed by atoms with E-state index in [4.69, 9.17) is 14.6 Å². The maximum Gasteiger partial charge on any atom is 0.308 e. The third-order valence-corrected chi connectivity index (χ3v) is 2.45. The molecule has 0 bridgehead atoms. The van der Waals surface area contributed by atoms with Gasteiger partial charge in [-0.3, -0.25) is 9.59 Å². The van der Waals surface area contributed by atoms with Gasteiger partial charge in [-0.15, -0.1) is 0 Å². The number of carboxylic acids is 1. The van der Waals surface area contributed by atoms with Crippen molar-refractivity contribution in [3.8, 4) is 11.5 Å². The first-order chi connectivity index (χ1) is 9.04. The number of aliphatic carboxylic acids is 1. The number of carbonyl (C=O) groups is 2. The monoisotopic (exact) mass is 267 g/mol. The predicted octanol–water partition coefficient (Wildman–Crippen LogP) is 0.911. The number of benzene rings is 1. The molecule has 104 valence electrons. The van der Waals surface area contributed by atoms with Crippen molar-refractivity contribution in [2.75, 3.05) is 20.3 Å². The van der Waals surface area contributed by atoms with Crippen LogP contribution in [0.25, 0.3) is 0 Å². The molecule has 2 N–H and O–H groups in total. The molecule has 0 fully saturated rings. The van der Waals surface area contributed by atoms with E-state index in [0.717, 1.165) is 0 Å². The maximum absolute atomic E-state index is 11.5. The topological polar surface area (TPSA) is 84.9 Å². The van der Waals surface area contributed by atoms with Gasteiger partial charge < -0.3 is 19.9 Å². The lowest BCUT2D eigenvalue weighted by molar-refractivity contribution is -0.141. The summed E-state index contributed by atoms with van der Waals surface area (Å²) in [5.41, 5.74) is 0. The van der Waals surface area contributed by atoms with E-state index in [2.05, 4.69) is 5.32 Å². The molecule has 1 rings (SSSR count). The summed E-state index contributed by atoms with van der Waals surface area (Å²) in [4.78, 5) is 22.0. The zero-order chi connectivity index (χ0) is 14.3. The summed E-state index contributed by atoms with van der Waals surface area (Å²) < 4.78 is 10.4. The summed E-state index contributed by atoms with van der Waals surface area (Å²) in [5.74, 6) is -0.958. The molecule has 19 heavy (non-hydrogen) atoms. The number of ether oxygens (including phenoxy) is 2. The average molecular weight is 267 g/mol. The van der Waals surface area contributed by atoms with Crippen LogP contribution in [0.15, 0.2) is 24.3 Å². The smallest absolute Gasteiger partial charge is 0.308 e. The normalized spacial score (nSPS) is 11.5. The highest BCUT2D eigenvalue weighted by molar-refractivity contribution is 5.78. The van der Waals surface area contributed by atoms with E-state index in [1.807, 2.05) is 0 Å². The largest absolute Gasteiger partial charge is 0.493 e. The molecular formula is C13H17NO5. The van der Waals surface area contributed by atoms with E-state index >= 15 is 0 Å². The van der Waals surface area contributed by atoms with Crippen LogP contribution in [0, 0.1) is 5.92 Å². The average Bonchev–Trinajstić information content (AvgIpc) is 2.42. The predicted molar refractivity (Wildman–Crippen MR) is 68.3 cm³/mol. The molecule has 0 aromatic heterocycles. The fourth-order valence-electron chi connectivity index (χ4n) is 1.29. The van der Waals surface area contributed by atoms with E-state index in [9.17, 15) is 9.59 Å². The van der Waals surface area contributed by atoms with Gasteiger partial charge in [0.05, 0.1) is 13.0 Å². The minimum absolute atomic E-state index is 0.0729. The number of carbonyl (C=O) groups excluding carboxylic acids is 1. The van der Waals surface area contributed by atoms with Crippen LogP contribution in [0.5, 0.6) is 11.5 Å². The first-order valence-electron chi connectivity index (χ1n) is 5.80. The Morgan fingerprint density at radius 2 is 1.95 bits per heavy atom. The molecule has 0 radical (unpaired) electrons. The molecule has 1 aromatic carbocycles. The molecule has 0 aliphatic rings. The van der Waals surface area contributed by atoms with Crippen LogP contribution in [0.2, 0.25) is 0 Å². The minimum Gasteiger partial charge on any atom is -0.493 e. The third-order valence-electron chi connectivity index (χ3n) is 2.45. The second-order valence-corrected chi connectivity index (χ2v) is 3.98. The quantitative estimate of drug-likeness (QED) is 0.767. The first kappa shape index (κ1) is 14.8. The number of amides is 1. The highest BCUT2D eigenvalue weighted by Gasteiger charge is 2.12. The Morgan fingerprint density at radius 3 is 2.53 bits per heavy atom. The van der Waals surface area contributed by atoms with Crippen molar-refractivity contribution in [2.45, 2.75) is 6.92 Å². The van der Waals surface area contributed by atoms with Gasteiger partial charge in [-0.05, 0) is 12.1 Å². The second-order valence-electron chi connectivity index (χ2n) is 3.98. The number of hydrogen-bond donors (Lipinski definition) is 2. The van der Waals surface area contributed by atoms with Gasteiger partial charge in [-0.25, -0.2) is 0 Å². The van der Waals surface area contributed by atoms with Crippen LogP contribution in [-0.4, -0.2) is 37.2 Å². The van der Waals surface area contributed by atoms with E-state index in [0.29, 0.717) is 11.5 Å². The molecule has 1 aromatic rings. The SMILES string of the molecule is COc1ccccc1OCC(=O)NCC(C)C(=O)O. The molecule has 0 saturated carbocycles. The van der Waals surface area contributed by atoms with Gasteiger partial charge >= 0.3 is 5.97 Å². The van der Waals surface area contributed by atoms with Gasteiger partial charge in [0, 0.05) is 6.54 Å². The van der Waals surface area contributed by atoms with Crippen LogP contribution in [0.3, 0.4) is 0 Å². The van der Waals surface area contributed by atoms with Crippen molar-refractivity contribution in [1.29, 1.82) is 0 Å². The highest BCUT2D eigenvalue weighted by atomic mass is 16.5. The van der Waals surface area contributed by atoms with Crippen molar-refractivity contribution in [2.24, 2.45) is 5.92 Å². The number of carboxylic acid groups (broad SMARTS) is 1. The number of para-hydroxylation sites is 2. The number of methoxy groups -OCH3 is 1. The van der Waals surface area contributed by atoms with Crippen LogP contribution in [-0.2, 0) is 9.59 Å². The molecule has 0 saturated heterocycles. The minimum atomic E-state index is -0.953. The third kappa shape index (κ3) is 4.87. The summed E-state index contributed by atoms with van der Waals surface area (Å²) in [6, 6.07) is 6.97. The second kappa shape index (κ2) is 7.25. The Balaban J connectivity index is 2.40. The lowest BCUT2D eigenvalue weighted by atomic mass is 10.2. The van der Waals surface area contributed by atoms with Gasteiger partial charge in [0.2, 0.25) is 0 Å². The standard InChI is InChI=1S/C13H17NO5/c1-9(13(16)17)7-14-12(15)8-19-11-6-4-3-5-10(11)18-2/h3-6,9H,7-8H2,1-2H3,(H,14,15)(H,16,17). The zero-order valence-corrected chi connectivity index (χ0v) is 10.9. The lowest BCUT2D eigenvalue weighted by Gasteiger charge is -2.11. The van der Waals surface area contributed by atoms with Crippen molar-refractivity contribution >= 4 is 11.9 Å². The fraction of sp³-hybridized carbons (Fsp3) is 0.385. The van der Waals surface area contributed by atoms with E-state index < -0.39 is 11.9 Å². The number of hydrogen-bond acceptors (Lipinski definition) is 4. The van der Waals surface area contributed by atoms with E-state index in [1.54, 1.807) is 24.3 Å². The van der Waals surface area contributed by atoms with Crippen LogP contribution < -0.4 is 14.8 Å². The Labute approximate surface area is 111 Å². The van der Waals surface area contributed by atoms with Crippen molar-refractivity contribution < 1.29 is 24.2 Å². The number of nitrogens with one attached hydrogen (secondary N) is 1. The summed E-state index contributed by atoms with van der Waals surface area (Å²) in [6.45, 7) is 1.40. The molecule has 1 amide bonds. The van der Waals surface area contributed by atoms with Gasteiger partial charge in [0.25, 0.3) is 5.91 Å². The van der Waals surface area contributed by atoms with Crippen molar-refractivity contribution in [1.82, 2.24) is 5.32 Å². The Bertz CT molecular complexity index is 446. The zero-order valence-electron chi connectivity index (χ0n) is 10.9. The molecular weight excluding hydrogens is 250 g/mol. The Kier molecular flexibility index (Phi) is 5.66. The van der Waals surface area contributed by atoms with E-state index in [-0.39, 0.29) is 19.1 Å². The Morgan fingerprint density at radius 1 is 1.32 bits per heavy atom. The molecule has 0 aliphatic heterocycles. The van der Waals surface area contributed by atoms with Gasteiger partial charge in [0.1, 0.15) is 0 Å². The van der Waals surface area contributed by atoms with Crippen LogP contribution >= 0.6 is 0 Å². The van der Waals surface area contributed by atoms with E-state index in [1.165, 1.54) is 14.0 Å². The van der Waals surface area contributed by atoms with Crippen LogP contribution in [0.1, 0.15) is 6.92 Å². The van der Waals surface area contributed by atoms with Gasteiger partial charge in [-0.2, -0.15) is 0 Å². The maximum atomic E-state index is 11.5. The van der Waals surface area contributed by atoms with Crippen LogP contribution in [0.4, 0.5) is 0 Å². The number of rotatable bonds is 7. The molecule has 0 spiro atoms. The summed E-state index contributed by atoms with van der Waals surface area (Å²) >= 11 is 0. The van der Waals surface area contributed by atoms with Crippen molar-refractivity contribution in [3.05, 3.63) is 24.3 Å². The summed E-state index contributed by atoms with van der Waals surface area (Å²) in [5, 5.41) is 11.2. The van der Waals surface area contributed by atoms with Gasteiger partial charge in [0.15, 0.2) is 18.1 Å². The molecule has 0 heterocycles. The fourth-order valence-corrected chi connectivity index (χ4v) is 1.29. The summed E-state index contributed by atoms with van der Waals surface area (Å²) in [7, 11) is 1.51. The Hall–Kier alpha value is -2.24. The molecule has 0 aliphatic carbocycles. The molecule has 1 atom stereocenters. The van der Waals surface area contributed by atoms with Gasteiger partial charge in [-0.1, -0.05) is 19.1 Å². The molecule has 6 heteroatoms. The molecule has 6 nitrogen and oxygen atoms in total. The highest BCUT2D eigenvalue weighted by Crippen LogP contribution is 2.25.